The second-order valence-electron chi connectivity index (χ2n) is 3.62. The molecule has 0 amide bonds. The maximum atomic E-state index is 12.8. The number of carbonyl (C=O) groups excluding carboxylic acids is 1. The van der Waals surface area contributed by atoms with Crippen LogP contribution in [0.3, 0.4) is 0 Å². The van der Waals surface area contributed by atoms with Crippen molar-refractivity contribution >= 4 is 5.78 Å². The van der Waals surface area contributed by atoms with E-state index in [1.807, 2.05) is 0 Å². The van der Waals surface area contributed by atoms with Crippen molar-refractivity contribution in [2.45, 2.75) is 31.1 Å². The number of alkyl halides is 7. The summed E-state index contributed by atoms with van der Waals surface area (Å²) in [5.74, 6) is -17.0. The Bertz CT molecular complexity index is 291. The summed E-state index contributed by atoms with van der Waals surface area (Å²) in [6, 6.07) is 0. The predicted molar refractivity (Wildman–Crippen MR) is 46.9 cm³/mol. The lowest BCUT2D eigenvalue weighted by molar-refractivity contribution is -0.315. The van der Waals surface area contributed by atoms with Crippen LogP contribution in [0.2, 0.25) is 0 Å². The lowest BCUT2D eigenvalue weighted by atomic mass is 10.0. The van der Waals surface area contributed by atoms with Gasteiger partial charge in [-0.15, -0.1) is 0 Å². The maximum Gasteiger partial charge on any atom is 0.374 e. The first-order valence-electron chi connectivity index (χ1n) is 4.74. The third-order valence-corrected chi connectivity index (χ3v) is 1.95. The van der Waals surface area contributed by atoms with Crippen molar-refractivity contribution in [2.24, 2.45) is 0 Å². The Hall–Kier alpha value is -0.860. The summed E-state index contributed by atoms with van der Waals surface area (Å²) in [5.41, 5.74) is 0. The molecule has 0 aromatic heterocycles. The van der Waals surface area contributed by atoms with E-state index in [0.717, 1.165) is 6.92 Å². The Morgan fingerprint density at radius 2 is 1.56 bits per heavy atom. The molecule has 0 atom stereocenters. The third-order valence-electron chi connectivity index (χ3n) is 1.95. The number of ether oxygens (including phenoxy) is 1. The van der Waals surface area contributed by atoms with Crippen LogP contribution in [-0.4, -0.2) is 43.4 Å². The molecule has 18 heavy (non-hydrogen) atoms. The van der Waals surface area contributed by atoms with Crippen LogP contribution in [0.1, 0.15) is 13.3 Å². The lowest BCUT2D eigenvalue weighted by Gasteiger charge is -2.31. The summed E-state index contributed by atoms with van der Waals surface area (Å²) in [4.78, 5) is 10.3. The Morgan fingerprint density at radius 3 is 1.94 bits per heavy atom. The minimum Gasteiger partial charge on any atom is -0.373 e. The van der Waals surface area contributed by atoms with Gasteiger partial charge in [0, 0.05) is 6.42 Å². The van der Waals surface area contributed by atoms with Gasteiger partial charge in [0.25, 0.3) is 0 Å². The second kappa shape index (κ2) is 5.85. The Labute approximate surface area is 98.1 Å². The summed E-state index contributed by atoms with van der Waals surface area (Å²) < 4.78 is 91.8. The maximum absolute atomic E-state index is 12.8. The van der Waals surface area contributed by atoms with E-state index in [-0.39, 0.29) is 0 Å². The number of carbonyl (C=O) groups is 1. The van der Waals surface area contributed by atoms with E-state index in [1.54, 1.807) is 0 Å². The smallest absolute Gasteiger partial charge is 0.373 e. The number of hydrogen-bond acceptors (Lipinski definition) is 2. The van der Waals surface area contributed by atoms with Gasteiger partial charge in [-0.1, -0.05) is 0 Å². The monoisotopic (exact) mass is 284 g/mol. The molecule has 0 aliphatic rings. The fraction of sp³-hybridized carbons (Fsp3) is 0.889. The molecule has 0 saturated heterocycles. The first-order valence-corrected chi connectivity index (χ1v) is 4.74. The standard InChI is InChI=1S/C9H11F7O2/c1-6(17)4-18-3-2-7(11,12)9(15,16)8(13,14)5-10/h2-5H2,1H3. The number of ketones is 1. The largest absolute Gasteiger partial charge is 0.374 e. The van der Waals surface area contributed by atoms with E-state index in [0.29, 0.717) is 0 Å². The quantitative estimate of drug-likeness (QED) is 0.506. The number of halogens is 7. The lowest BCUT2D eigenvalue weighted by Crippen LogP contribution is -2.55. The topological polar surface area (TPSA) is 26.3 Å². The van der Waals surface area contributed by atoms with E-state index < -0.39 is 49.9 Å². The van der Waals surface area contributed by atoms with Crippen LogP contribution in [0.5, 0.6) is 0 Å². The van der Waals surface area contributed by atoms with Crippen LogP contribution >= 0.6 is 0 Å². The molecule has 0 saturated carbocycles. The highest BCUT2D eigenvalue weighted by Gasteiger charge is 2.71. The Morgan fingerprint density at radius 1 is 1.06 bits per heavy atom. The van der Waals surface area contributed by atoms with Crippen molar-refractivity contribution in [2.75, 3.05) is 19.9 Å². The molecule has 0 unspecified atom stereocenters. The molecule has 0 heterocycles. The first kappa shape index (κ1) is 17.1. The first-order chi connectivity index (χ1) is 7.98. The van der Waals surface area contributed by atoms with Crippen molar-refractivity contribution < 1.29 is 40.3 Å². The molecule has 0 aromatic carbocycles. The van der Waals surface area contributed by atoms with E-state index in [4.69, 9.17) is 0 Å². The minimum atomic E-state index is -5.83. The molecule has 0 aliphatic heterocycles. The highest BCUT2D eigenvalue weighted by atomic mass is 19.3. The Balaban J connectivity index is 4.56. The van der Waals surface area contributed by atoms with Crippen LogP contribution in [-0.2, 0) is 9.53 Å². The van der Waals surface area contributed by atoms with Gasteiger partial charge >= 0.3 is 17.8 Å². The van der Waals surface area contributed by atoms with Crippen LogP contribution in [0, 0.1) is 0 Å². The molecular weight excluding hydrogens is 273 g/mol. The van der Waals surface area contributed by atoms with Gasteiger partial charge < -0.3 is 4.74 Å². The average molecular weight is 284 g/mol. The molecule has 2 nitrogen and oxygen atoms in total. The normalized spacial score (nSPS) is 13.8. The van der Waals surface area contributed by atoms with E-state index in [1.165, 1.54) is 0 Å². The zero-order valence-electron chi connectivity index (χ0n) is 9.29. The molecule has 0 spiro atoms. The molecule has 9 heteroatoms. The molecular formula is C9H11F7O2. The molecule has 0 radical (unpaired) electrons. The predicted octanol–water partition coefficient (Wildman–Crippen LogP) is 2.86. The average Bonchev–Trinajstić information content (AvgIpc) is 2.23. The molecule has 0 N–H and O–H groups in total. The van der Waals surface area contributed by atoms with Crippen LogP contribution in [0.4, 0.5) is 30.7 Å². The van der Waals surface area contributed by atoms with Gasteiger partial charge in [-0.25, -0.2) is 4.39 Å². The van der Waals surface area contributed by atoms with Gasteiger partial charge in [-0.3, -0.25) is 4.79 Å². The van der Waals surface area contributed by atoms with Gasteiger partial charge in [-0.05, 0) is 6.92 Å². The SMILES string of the molecule is CC(=O)COCCC(F)(F)C(F)(F)C(F)(F)CF. The zero-order chi connectivity index (χ0) is 14.6. The van der Waals surface area contributed by atoms with Gasteiger partial charge in [0.15, 0.2) is 12.5 Å². The molecule has 0 aliphatic carbocycles. The van der Waals surface area contributed by atoms with Gasteiger partial charge in [0.1, 0.15) is 6.61 Å². The molecule has 0 bridgehead atoms. The van der Waals surface area contributed by atoms with Gasteiger partial charge in [-0.2, -0.15) is 26.3 Å². The van der Waals surface area contributed by atoms with Crippen molar-refractivity contribution in [1.29, 1.82) is 0 Å². The third kappa shape index (κ3) is 3.82. The van der Waals surface area contributed by atoms with Crippen LogP contribution in [0.25, 0.3) is 0 Å². The van der Waals surface area contributed by atoms with Crippen molar-refractivity contribution in [3.05, 3.63) is 0 Å². The van der Waals surface area contributed by atoms with Crippen molar-refractivity contribution in [3.8, 4) is 0 Å². The Kier molecular flexibility index (Phi) is 5.57. The van der Waals surface area contributed by atoms with Crippen LogP contribution in [0.15, 0.2) is 0 Å². The molecule has 0 aromatic rings. The van der Waals surface area contributed by atoms with E-state index >= 15 is 0 Å². The van der Waals surface area contributed by atoms with Crippen LogP contribution < -0.4 is 0 Å². The van der Waals surface area contributed by atoms with Crippen molar-refractivity contribution in [1.82, 2.24) is 0 Å². The molecule has 108 valence electrons. The molecule has 0 fully saturated rings. The fourth-order valence-corrected chi connectivity index (χ4v) is 0.925. The summed E-state index contributed by atoms with van der Waals surface area (Å²) in [6.07, 6.45) is -1.75. The minimum absolute atomic E-state index is 0.542. The summed E-state index contributed by atoms with van der Waals surface area (Å²) in [6.45, 7) is -3.46. The summed E-state index contributed by atoms with van der Waals surface area (Å²) in [7, 11) is 0. The van der Waals surface area contributed by atoms with E-state index in [2.05, 4.69) is 4.74 Å². The number of hydrogen-bond donors (Lipinski definition) is 0. The summed E-state index contributed by atoms with van der Waals surface area (Å²) in [5, 5.41) is 0. The van der Waals surface area contributed by atoms with E-state index in [9.17, 15) is 35.5 Å². The highest BCUT2D eigenvalue weighted by Crippen LogP contribution is 2.47. The number of Topliss-reactive ketones (excluding diaryl/α,β-unsaturated/α-hetero) is 1. The van der Waals surface area contributed by atoms with Gasteiger partial charge in [0.05, 0.1) is 6.61 Å². The second-order valence-corrected chi connectivity index (χ2v) is 3.62. The molecule has 0 rings (SSSR count). The highest BCUT2D eigenvalue weighted by molar-refractivity contribution is 5.76. The summed E-state index contributed by atoms with van der Waals surface area (Å²) >= 11 is 0. The number of rotatable bonds is 8. The van der Waals surface area contributed by atoms with Gasteiger partial charge in [0.2, 0.25) is 0 Å². The zero-order valence-corrected chi connectivity index (χ0v) is 9.29. The van der Waals surface area contributed by atoms with Crippen molar-refractivity contribution in [3.63, 3.8) is 0 Å². The fourth-order valence-electron chi connectivity index (χ4n) is 0.925.